The van der Waals surface area contributed by atoms with Crippen molar-refractivity contribution in [2.24, 2.45) is 11.5 Å². The van der Waals surface area contributed by atoms with E-state index in [2.05, 4.69) is 0 Å². The predicted molar refractivity (Wildman–Crippen MR) is 65.5 cm³/mol. The van der Waals surface area contributed by atoms with Crippen molar-refractivity contribution in [3.05, 3.63) is 0 Å². The van der Waals surface area contributed by atoms with Crippen molar-refractivity contribution < 1.29 is 14.3 Å². The maximum atomic E-state index is 12.3. The van der Waals surface area contributed by atoms with Crippen LogP contribution in [0, 0.1) is 0 Å². The van der Waals surface area contributed by atoms with Crippen LogP contribution >= 0.6 is 0 Å². The molecule has 0 bridgehead atoms. The van der Waals surface area contributed by atoms with Gasteiger partial charge in [-0.05, 0) is 12.8 Å². The van der Waals surface area contributed by atoms with Gasteiger partial charge in [0.15, 0.2) is 0 Å². The van der Waals surface area contributed by atoms with Crippen LogP contribution in [0.1, 0.15) is 32.1 Å². The molecular formula is C12H21N3O3. The molecule has 0 aromatic carbocycles. The van der Waals surface area contributed by atoms with E-state index in [1.165, 1.54) is 4.90 Å². The Hall–Kier alpha value is -1.14. The summed E-state index contributed by atoms with van der Waals surface area (Å²) in [5.41, 5.74) is 11.1. The molecule has 6 heteroatoms. The summed E-state index contributed by atoms with van der Waals surface area (Å²) in [5, 5.41) is 0. The van der Waals surface area contributed by atoms with Crippen molar-refractivity contribution >= 4 is 11.8 Å². The maximum Gasteiger partial charge on any atom is 0.242 e. The molecule has 1 atom stereocenters. The van der Waals surface area contributed by atoms with E-state index in [1.54, 1.807) is 0 Å². The van der Waals surface area contributed by atoms with E-state index in [-0.39, 0.29) is 12.5 Å². The fourth-order valence-corrected chi connectivity index (χ4v) is 2.80. The standard InChI is InChI=1S/C12H21N3O3/c13-11(17)9-8-18-6-5-15(9)10(16)7-12(14)3-1-2-4-12/h9H,1-8,14H2,(H2,13,17). The lowest BCUT2D eigenvalue weighted by atomic mass is 9.93. The van der Waals surface area contributed by atoms with Gasteiger partial charge in [0, 0.05) is 18.5 Å². The van der Waals surface area contributed by atoms with Gasteiger partial charge in [-0.25, -0.2) is 0 Å². The smallest absolute Gasteiger partial charge is 0.242 e. The monoisotopic (exact) mass is 255 g/mol. The van der Waals surface area contributed by atoms with Gasteiger partial charge in [0.2, 0.25) is 11.8 Å². The number of nitrogens with zero attached hydrogens (tertiary/aromatic N) is 1. The molecule has 18 heavy (non-hydrogen) atoms. The molecule has 4 N–H and O–H groups in total. The number of ether oxygens (including phenoxy) is 1. The highest BCUT2D eigenvalue weighted by Crippen LogP contribution is 2.30. The van der Waals surface area contributed by atoms with Crippen LogP contribution < -0.4 is 11.5 Å². The van der Waals surface area contributed by atoms with Gasteiger partial charge in [-0.2, -0.15) is 0 Å². The van der Waals surface area contributed by atoms with Crippen LogP contribution in [0.3, 0.4) is 0 Å². The van der Waals surface area contributed by atoms with E-state index in [4.69, 9.17) is 16.2 Å². The van der Waals surface area contributed by atoms with E-state index in [1.807, 2.05) is 0 Å². The van der Waals surface area contributed by atoms with Crippen LogP contribution in [-0.4, -0.2) is 48.1 Å². The molecule has 1 saturated carbocycles. The van der Waals surface area contributed by atoms with Crippen molar-refractivity contribution in [1.29, 1.82) is 0 Å². The summed E-state index contributed by atoms with van der Waals surface area (Å²) in [5.74, 6) is -0.591. The Balaban J connectivity index is 2.00. The Morgan fingerprint density at radius 2 is 2.00 bits per heavy atom. The Morgan fingerprint density at radius 1 is 1.33 bits per heavy atom. The minimum absolute atomic E-state index is 0.0773. The molecular weight excluding hydrogens is 234 g/mol. The minimum Gasteiger partial charge on any atom is -0.377 e. The van der Waals surface area contributed by atoms with Gasteiger partial charge in [0.05, 0.1) is 13.2 Å². The molecule has 0 radical (unpaired) electrons. The number of rotatable bonds is 3. The molecule has 2 amide bonds. The fraction of sp³-hybridized carbons (Fsp3) is 0.833. The highest BCUT2D eigenvalue weighted by molar-refractivity contribution is 5.87. The lowest BCUT2D eigenvalue weighted by molar-refractivity contribution is -0.148. The summed E-state index contributed by atoms with van der Waals surface area (Å²) in [7, 11) is 0. The van der Waals surface area contributed by atoms with Gasteiger partial charge in [-0.3, -0.25) is 9.59 Å². The first-order valence-electron chi connectivity index (χ1n) is 6.47. The van der Waals surface area contributed by atoms with E-state index in [9.17, 15) is 9.59 Å². The molecule has 0 aromatic heterocycles. The summed E-state index contributed by atoms with van der Waals surface area (Å²) in [4.78, 5) is 25.1. The average molecular weight is 255 g/mol. The summed E-state index contributed by atoms with van der Waals surface area (Å²) in [6.45, 7) is 1.06. The Labute approximate surface area is 107 Å². The highest BCUT2D eigenvalue weighted by atomic mass is 16.5. The zero-order valence-corrected chi connectivity index (χ0v) is 10.6. The summed E-state index contributed by atoms with van der Waals surface area (Å²) in [6, 6.07) is -0.642. The number of morpholine rings is 1. The molecule has 0 spiro atoms. The minimum atomic E-state index is -0.642. The SMILES string of the molecule is NC(=O)C1COCCN1C(=O)CC1(N)CCCC1. The Kier molecular flexibility index (Phi) is 3.87. The predicted octanol–water partition coefficient (Wildman–Crippen LogP) is -0.639. The molecule has 1 aliphatic heterocycles. The van der Waals surface area contributed by atoms with E-state index >= 15 is 0 Å². The van der Waals surface area contributed by atoms with Gasteiger partial charge in [0.25, 0.3) is 0 Å². The van der Waals surface area contributed by atoms with Crippen LogP contribution in [0.15, 0.2) is 0 Å². The Morgan fingerprint density at radius 3 is 2.61 bits per heavy atom. The molecule has 0 aromatic rings. The second-order valence-corrected chi connectivity index (χ2v) is 5.33. The summed E-state index contributed by atoms with van der Waals surface area (Å²) >= 11 is 0. The van der Waals surface area contributed by atoms with Gasteiger partial charge < -0.3 is 21.1 Å². The normalized spacial score (nSPS) is 27.2. The third-order valence-corrected chi connectivity index (χ3v) is 3.88. The summed E-state index contributed by atoms with van der Waals surface area (Å²) in [6.07, 6.45) is 4.21. The first kappa shape index (κ1) is 13.3. The third kappa shape index (κ3) is 2.81. The molecule has 1 unspecified atom stereocenters. The second-order valence-electron chi connectivity index (χ2n) is 5.33. The van der Waals surface area contributed by atoms with Crippen molar-refractivity contribution in [3.63, 3.8) is 0 Å². The molecule has 1 aliphatic carbocycles. The van der Waals surface area contributed by atoms with Crippen LogP contribution in [0.4, 0.5) is 0 Å². The molecule has 102 valence electrons. The number of carbonyl (C=O) groups is 2. The quantitative estimate of drug-likeness (QED) is 0.700. The molecule has 1 heterocycles. The van der Waals surface area contributed by atoms with Crippen molar-refractivity contribution in [3.8, 4) is 0 Å². The maximum absolute atomic E-state index is 12.3. The second kappa shape index (κ2) is 5.24. The number of carbonyl (C=O) groups excluding carboxylic acids is 2. The van der Waals surface area contributed by atoms with Gasteiger partial charge >= 0.3 is 0 Å². The lowest BCUT2D eigenvalue weighted by Gasteiger charge is -2.35. The number of amides is 2. The van der Waals surface area contributed by atoms with E-state index in [0.717, 1.165) is 25.7 Å². The molecule has 2 fully saturated rings. The molecule has 6 nitrogen and oxygen atoms in total. The van der Waals surface area contributed by atoms with Crippen LogP contribution in [0.5, 0.6) is 0 Å². The van der Waals surface area contributed by atoms with E-state index in [0.29, 0.717) is 19.6 Å². The fourth-order valence-electron chi connectivity index (χ4n) is 2.80. The Bertz CT molecular complexity index is 339. The number of nitrogens with two attached hydrogens (primary N) is 2. The van der Waals surface area contributed by atoms with Gasteiger partial charge in [-0.1, -0.05) is 12.8 Å². The van der Waals surface area contributed by atoms with Crippen molar-refractivity contribution in [2.45, 2.75) is 43.7 Å². The zero-order chi connectivity index (χ0) is 13.2. The largest absolute Gasteiger partial charge is 0.377 e. The van der Waals surface area contributed by atoms with Crippen LogP contribution in [0.2, 0.25) is 0 Å². The zero-order valence-electron chi connectivity index (χ0n) is 10.6. The molecule has 2 aliphatic rings. The highest BCUT2D eigenvalue weighted by Gasteiger charge is 2.37. The number of hydrogen-bond acceptors (Lipinski definition) is 4. The lowest BCUT2D eigenvalue weighted by Crippen LogP contribution is -2.56. The van der Waals surface area contributed by atoms with Gasteiger partial charge in [-0.15, -0.1) is 0 Å². The van der Waals surface area contributed by atoms with Crippen molar-refractivity contribution in [1.82, 2.24) is 4.90 Å². The third-order valence-electron chi connectivity index (χ3n) is 3.88. The van der Waals surface area contributed by atoms with Crippen LogP contribution in [-0.2, 0) is 14.3 Å². The summed E-state index contributed by atoms with van der Waals surface area (Å²) < 4.78 is 5.19. The number of hydrogen-bond donors (Lipinski definition) is 2. The average Bonchev–Trinajstić information content (AvgIpc) is 2.75. The molecule has 1 saturated heterocycles. The van der Waals surface area contributed by atoms with Crippen LogP contribution in [0.25, 0.3) is 0 Å². The number of primary amides is 1. The van der Waals surface area contributed by atoms with E-state index < -0.39 is 17.5 Å². The van der Waals surface area contributed by atoms with Gasteiger partial charge in [0.1, 0.15) is 6.04 Å². The molecule has 2 rings (SSSR count). The topological polar surface area (TPSA) is 98.7 Å². The first-order chi connectivity index (χ1) is 8.52. The van der Waals surface area contributed by atoms with Crippen molar-refractivity contribution in [2.75, 3.05) is 19.8 Å². The first-order valence-corrected chi connectivity index (χ1v) is 6.47.